The van der Waals surface area contributed by atoms with Crippen LogP contribution in [0.4, 0.5) is 4.39 Å². The number of fused-ring (bicyclic) bond motifs is 1. The van der Waals surface area contributed by atoms with Crippen molar-refractivity contribution in [1.29, 1.82) is 0 Å². The minimum Gasteiger partial charge on any atom is -0.207 e. The van der Waals surface area contributed by atoms with E-state index in [1.54, 1.807) is 6.08 Å². The zero-order valence-corrected chi connectivity index (χ0v) is 7.52. The van der Waals surface area contributed by atoms with Crippen molar-refractivity contribution in [1.82, 2.24) is 0 Å². The van der Waals surface area contributed by atoms with Gasteiger partial charge in [-0.2, -0.15) is 0 Å². The lowest BCUT2D eigenvalue weighted by Crippen LogP contribution is -2.14. The van der Waals surface area contributed by atoms with E-state index in [4.69, 9.17) is 0 Å². The highest BCUT2D eigenvalue weighted by molar-refractivity contribution is 5.50. The normalized spacial score (nSPS) is 25.8. The first-order valence-corrected chi connectivity index (χ1v) is 4.40. The highest BCUT2D eigenvalue weighted by Crippen LogP contribution is 2.44. The van der Waals surface area contributed by atoms with Gasteiger partial charge in [0, 0.05) is 5.41 Å². The molecule has 0 fully saturated rings. The van der Waals surface area contributed by atoms with E-state index in [2.05, 4.69) is 19.9 Å². The van der Waals surface area contributed by atoms with Crippen LogP contribution in [0.2, 0.25) is 0 Å². The largest absolute Gasteiger partial charge is 0.207 e. The molecule has 1 heteroatoms. The Morgan fingerprint density at radius 1 is 1.42 bits per heavy atom. The summed E-state index contributed by atoms with van der Waals surface area (Å²) in [6.07, 6.45) is 7.61. The van der Waals surface area contributed by atoms with E-state index in [1.807, 2.05) is 6.08 Å². The maximum Gasteiger partial charge on any atom is 0.126 e. The van der Waals surface area contributed by atoms with Gasteiger partial charge in [0.1, 0.15) is 5.83 Å². The summed E-state index contributed by atoms with van der Waals surface area (Å²) >= 11 is 0. The molecule has 0 radical (unpaired) electrons. The Balaban J connectivity index is 2.52. The van der Waals surface area contributed by atoms with Gasteiger partial charge in [0.05, 0.1) is 0 Å². The van der Waals surface area contributed by atoms with Crippen molar-refractivity contribution >= 4 is 0 Å². The summed E-state index contributed by atoms with van der Waals surface area (Å²) in [4.78, 5) is 0. The zero-order valence-electron chi connectivity index (χ0n) is 7.52. The van der Waals surface area contributed by atoms with Gasteiger partial charge in [-0.05, 0) is 30.1 Å². The fourth-order valence-corrected chi connectivity index (χ4v) is 1.99. The minimum atomic E-state index is -0.0296. The third-order valence-electron chi connectivity index (χ3n) is 2.70. The lowest BCUT2D eigenvalue weighted by molar-refractivity contribution is 0.553. The Labute approximate surface area is 72.5 Å². The lowest BCUT2D eigenvalue weighted by Gasteiger charge is -2.27. The third kappa shape index (κ3) is 0.961. The SMILES string of the molecule is CC1(C)C=CC(F)=C2CCC=C21. The summed E-state index contributed by atoms with van der Waals surface area (Å²) in [6.45, 7) is 4.26. The summed E-state index contributed by atoms with van der Waals surface area (Å²) < 4.78 is 13.2. The molecule has 0 amide bonds. The Morgan fingerprint density at radius 3 is 2.83 bits per heavy atom. The van der Waals surface area contributed by atoms with E-state index in [0.29, 0.717) is 0 Å². The first-order chi connectivity index (χ1) is 5.61. The van der Waals surface area contributed by atoms with E-state index in [9.17, 15) is 4.39 Å². The Morgan fingerprint density at radius 2 is 2.17 bits per heavy atom. The van der Waals surface area contributed by atoms with Crippen molar-refractivity contribution < 1.29 is 4.39 Å². The molecule has 0 atom stereocenters. The molecule has 0 aromatic carbocycles. The fraction of sp³-hybridized carbons (Fsp3) is 0.455. The van der Waals surface area contributed by atoms with Crippen LogP contribution in [0.15, 0.2) is 35.2 Å². The molecule has 0 bridgehead atoms. The lowest BCUT2D eigenvalue weighted by atomic mass is 9.78. The molecular formula is C11H13F. The first kappa shape index (κ1) is 7.78. The van der Waals surface area contributed by atoms with E-state index in [0.717, 1.165) is 18.4 Å². The average molecular weight is 164 g/mol. The van der Waals surface area contributed by atoms with Gasteiger partial charge in [-0.15, -0.1) is 0 Å². The van der Waals surface area contributed by atoms with Crippen LogP contribution in [0.25, 0.3) is 0 Å². The van der Waals surface area contributed by atoms with Crippen molar-refractivity contribution in [3.05, 3.63) is 35.2 Å². The van der Waals surface area contributed by atoms with Gasteiger partial charge in [0.2, 0.25) is 0 Å². The van der Waals surface area contributed by atoms with E-state index in [-0.39, 0.29) is 11.2 Å². The molecule has 0 N–H and O–H groups in total. The number of rotatable bonds is 0. The third-order valence-corrected chi connectivity index (χ3v) is 2.70. The highest BCUT2D eigenvalue weighted by Gasteiger charge is 2.30. The number of hydrogen-bond donors (Lipinski definition) is 0. The van der Waals surface area contributed by atoms with Crippen LogP contribution in [-0.2, 0) is 0 Å². The molecule has 2 aliphatic carbocycles. The monoisotopic (exact) mass is 164 g/mol. The quantitative estimate of drug-likeness (QED) is 0.513. The van der Waals surface area contributed by atoms with Crippen LogP contribution in [0, 0.1) is 5.41 Å². The zero-order chi connectivity index (χ0) is 8.77. The average Bonchev–Trinajstić information content (AvgIpc) is 2.46. The molecule has 2 aliphatic rings. The van der Waals surface area contributed by atoms with Gasteiger partial charge in [-0.25, -0.2) is 4.39 Å². The second-order valence-corrected chi connectivity index (χ2v) is 4.04. The van der Waals surface area contributed by atoms with Gasteiger partial charge in [-0.3, -0.25) is 0 Å². The molecule has 0 heterocycles. The van der Waals surface area contributed by atoms with E-state index >= 15 is 0 Å². The van der Waals surface area contributed by atoms with Gasteiger partial charge in [0.25, 0.3) is 0 Å². The summed E-state index contributed by atoms with van der Waals surface area (Å²) in [6, 6.07) is 0. The van der Waals surface area contributed by atoms with Crippen LogP contribution in [0.5, 0.6) is 0 Å². The van der Waals surface area contributed by atoms with Gasteiger partial charge in [0.15, 0.2) is 0 Å². The van der Waals surface area contributed by atoms with Crippen LogP contribution in [-0.4, -0.2) is 0 Å². The Hall–Kier alpha value is -0.850. The summed E-state index contributed by atoms with van der Waals surface area (Å²) in [5.41, 5.74) is 2.17. The number of allylic oxidation sites excluding steroid dienone is 6. The van der Waals surface area contributed by atoms with Crippen LogP contribution < -0.4 is 0 Å². The smallest absolute Gasteiger partial charge is 0.126 e. The van der Waals surface area contributed by atoms with Crippen LogP contribution in [0.3, 0.4) is 0 Å². The highest BCUT2D eigenvalue weighted by atomic mass is 19.1. The molecule has 0 aliphatic heterocycles. The van der Waals surface area contributed by atoms with Gasteiger partial charge < -0.3 is 0 Å². The second-order valence-electron chi connectivity index (χ2n) is 4.04. The standard InChI is InChI=1S/C11H13F/c1-11(2)7-6-10(12)8-4-3-5-9(8)11/h5-7H,3-4H2,1-2H3. The molecule has 0 aromatic rings. The molecule has 64 valence electrons. The Kier molecular flexibility index (Phi) is 1.50. The molecule has 2 rings (SSSR count). The molecule has 12 heavy (non-hydrogen) atoms. The Bertz CT molecular complexity index is 303. The van der Waals surface area contributed by atoms with Crippen molar-refractivity contribution in [3.63, 3.8) is 0 Å². The molecule has 0 aromatic heterocycles. The van der Waals surface area contributed by atoms with Crippen molar-refractivity contribution in [2.75, 3.05) is 0 Å². The molecular weight excluding hydrogens is 151 g/mol. The molecule has 0 saturated heterocycles. The van der Waals surface area contributed by atoms with E-state index < -0.39 is 0 Å². The van der Waals surface area contributed by atoms with Gasteiger partial charge in [-0.1, -0.05) is 26.0 Å². The molecule has 0 unspecified atom stereocenters. The summed E-state index contributed by atoms with van der Waals surface area (Å²) in [7, 11) is 0. The summed E-state index contributed by atoms with van der Waals surface area (Å²) in [5, 5.41) is 0. The fourth-order valence-electron chi connectivity index (χ4n) is 1.99. The number of hydrogen-bond acceptors (Lipinski definition) is 0. The predicted molar refractivity (Wildman–Crippen MR) is 48.4 cm³/mol. The summed E-state index contributed by atoms with van der Waals surface area (Å²) in [5.74, 6) is -0.0296. The maximum atomic E-state index is 13.2. The van der Waals surface area contributed by atoms with Crippen LogP contribution in [0.1, 0.15) is 26.7 Å². The van der Waals surface area contributed by atoms with Crippen molar-refractivity contribution in [2.45, 2.75) is 26.7 Å². The first-order valence-electron chi connectivity index (χ1n) is 4.40. The van der Waals surface area contributed by atoms with E-state index in [1.165, 1.54) is 5.57 Å². The predicted octanol–water partition coefficient (Wildman–Crippen LogP) is 3.53. The van der Waals surface area contributed by atoms with Crippen LogP contribution >= 0.6 is 0 Å². The number of halogens is 1. The molecule has 0 nitrogen and oxygen atoms in total. The topological polar surface area (TPSA) is 0 Å². The molecule has 0 spiro atoms. The molecule has 0 saturated carbocycles. The second kappa shape index (κ2) is 2.32. The van der Waals surface area contributed by atoms with Crippen molar-refractivity contribution in [2.24, 2.45) is 5.41 Å². The van der Waals surface area contributed by atoms with Gasteiger partial charge >= 0.3 is 0 Å². The maximum absolute atomic E-state index is 13.2. The van der Waals surface area contributed by atoms with Crippen molar-refractivity contribution in [3.8, 4) is 0 Å². The minimum absolute atomic E-state index is 0.0296.